The Morgan fingerprint density at radius 3 is 2.53 bits per heavy atom. The SMILES string of the molecule is O=c1c(C2=NS(=O)(=O)c3cc(OCc4ccccc4)ccc3N2)c(O)c2ccccc2n1N=C1CCCC1. The number of amidine groups is 1. The molecule has 3 aromatic carbocycles. The zero-order valence-electron chi connectivity index (χ0n) is 20.3. The standard InChI is InChI=1S/C28H24N4O5S/c33-26-21-12-6-7-13-23(21)32(30-19-10-4-5-11-19)28(34)25(26)27-29-22-15-14-20(16-24(22)38(35,36)31-27)37-17-18-8-2-1-3-9-18/h1-3,6-9,12-16,33H,4-5,10-11,17H2,(H,29,31). The summed E-state index contributed by atoms with van der Waals surface area (Å²) in [6.45, 7) is 0.272. The molecule has 6 rings (SSSR count). The van der Waals surface area contributed by atoms with Gasteiger partial charge in [-0.3, -0.25) is 4.79 Å². The van der Waals surface area contributed by atoms with Gasteiger partial charge in [-0.2, -0.15) is 18.2 Å². The van der Waals surface area contributed by atoms with Crippen molar-refractivity contribution in [2.75, 3.05) is 5.32 Å². The number of nitrogens with zero attached hydrogens (tertiary/aromatic N) is 3. The summed E-state index contributed by atoms with van der Waals surface area (Å²) in [4.78, 5) is 13.6. The van der Waals surface area contributed by atoms with E-state index in [1.54, 1.807) is 36.4 Å². The van der Waals surface area contributed by atoms with E-state index in [1.807, 2.05) is 30.3 Å². The van der Waals surface area contributed by atoms with E-state index in [2.05, 4.69) is 14.8 Å². The van der Waals surface area contributed by atoms with Crippen LogP contribution in [-0.4, -0.2) is 29.7 Å². The van der Waals surface area contributed by atoms with Gasteiger partial charge in [0.05, 0.1) is 11.2 Å². The van der Waals surface area contributed by atoms with Crippen LogP contribution in [0.2, 0.25) is 0 Å². The predicted molar refractivity (Wildman–Crippen MR) is 146 cm³/mol. The average molecular weight is 529 g/mol. The first-order valence-corrected chi connectivity index (χ1v) is 13.7. The Kier molecular flexibility index (Phi) is 5.96. The number of nitrogens with one attached hydrogen (secondary N) is 1. The van der Waals surface area contributed by atoms with Crippen LogP contribution in [0.1, 0.15) is 36.8 Å². The van der Waals surface area contributed by atoms with Crippen molar-refractivity contribution in [2.24, 2.45) is 9.50 Å². The molecule has 4 aromatic rings. The summed E-state index contributed by atoms with van der Waals surface area (Å²) in [5.41, 5.74) is 1.56. The van der Waals surface area contributed by atoms with Gasteiger partial charge in [-0.15, -0.1) is 4.40 Å². The van der Waals surface area contributed by atoms with Gasteiger partial charge in [0.2, 0.25) is 0 Å². The Hall–Kier alpha value is -4.44. The smallest absolute Gasteiger partial charge is 0.286 e. The number of ether oxygens (including phenoxy) is 1. The van der Waals surface area contributed by atoms with Crippen LogP contribution in [0.4, 0.5) is 5.69 Å². The number of hydrogen-bond donors (Lipinski definition) is 2. The molecule has 2 heterocycles. The lowest BCUT2D eigenvalue weighted by atomic mass is 10.1. The first kappa shape index (κ1) is 23.9. The monoisotopic (exact) mass is 528 g/mol. The summed E-state index contributed by atoms with van der Waals surface area (Å²) in [6.07, 6.45) is 3.56. The lowest BCUT2D eigenvalue weighted by Gasteiger charge is -2.20. The molecule has 10 heteroatoms. The van der Waals surface area contributed by atoms with Crippen LogP contribution in [-0.2, 0) is 16.6 Å². The predicted octanol–water partition coefficient (Wildman–Crippen LogP) is 4.63. The average Bonchev–Trinajstić information content (AvgIpc) is 3.44. The maximum atomic E-state index is 13.6. The van der Waals surface area contributed by atoms with Crippen molar-refractivity contribution in [3.63, 3.8) is 0 Å². The summed E-state index contributed by atoms with van der Waals surface area (Å²) < 4.78 is 37.4. The van der Waals surface area contributed by atoms with Gasteiger partial charge < -0.3 is 15.2 Å². The molecular formula is C28H24N4O5S. The number of para-hydroxylation sites is 1. The van der Waals surface area contributed by atoms with Gasteiger partial charge in [0.1, 0.15) is 28.6 Å². The number of sulfonamides is 1. The third-order valence-electron chi connectivity index (χ3n) is 6.63. The van der Waals surface area contributed by atoms with Crippen LogP contribution < -0.4 is 15.6 Å². The number of pyridine rings is 1. The largest absolute Gasteiger partial charge is 0.506 e. The second-order valence-electron chi connectivity index (χ2n) is 9.20. The molecule has 0 atom stereocenters. The molecule has 0 amide bonds. The van der Waals surface area contributed by atoms with Crippen LogP contribution in [0.25, 0.3) is 10.9 Å². The molecule has 9 nitrogen and oxygen atoms in total. The second-order valence-corrected chi connectivity index (χ2v) is 10.8. The summed E-state index contributed by atoms with van der Waals surface area (Å²) in [5, 5.41) is 19.0. The van der Waals surface area contributed by atoms with E-state index in [0.717, 1.165) is 37.0 Å². The van der Waals surface area contributed by atoms with E-state index < -0.39 is 15.6 Å². The van der Waals surface area contributed by atoms with Gasteiger partial charge in [0.25, 0.3) is 15.6 Å². The lowest BCUT2D eigenvalue weighted by Crippen LogP contribution is -2.32. The molecule has 38 heavy (non-hydrogen) atoms. The number of fused-ring (bicyclic) bond motifs is 2. The number of rotatable bonds is 5. The van der Waals surface area contributed by atoms with Crippen LogP contribution in [0, 0.1) is 0 Å². The third kappa shape index (κ3) is 4.32. The Labute approximate surface area is 218 Å². The highest BCUT2D eigenvalue weighted by atomic mass is 32.2. The summed E-state index contributed by atoms with van der Waals surface area (Å²) in [5.74, 6) is -0.259. The van der Waals surface area contributed by atoms with Crippen molar-refractivity contribution < 1.29 is 18.3 Å². The molecule has 1 aliphatic heterocycles. The van der Waals surface area contributed by atoms with Crippen LogP contribution in [0.15, 0.2) is 92.0 Å². The van der Waals surface area contributed by atoms with Crippen LogP contribution in [0.3, 0.4) is 0 Å². The lowest BCUT2D eigenvalue weighted by molar-refractivity contribution is 0.305. The van der Waals surface area contributed by atoms with Crippen molar-refractivity contribution in [1.82, 2.24) is 4.68 Å². The molecule has 0 saturated heterocycles. The molecule has 1 aliphatic carbocycles. The normalized spacial score (nSPS) is 16.0. The maximum Gasteiger partial charge on any atom is 0.286 e. The summed E-state index contributed by atoms with van der Waals surface area (Å²) in [7, 11) is -4.22. The fraction of sp³-hybridized carbons (Fsp3) is 0.179. The van der Waals surface area contributed by atoms with Crippen molar-refractivity contribution in [3.05, 3.63) is 94.3 Å². The van der Waals surface area contributed by atoms with E-state index in [1.165, 1.54) is 10.7 Å². The Bertz CT molecular complexity index is 1790. The maximum absolute atomic E-state index is 13.6. The zero-order chi connectivity index (χ0) is 26.3. The van der Waals surface area contributed by atoms with Gasteiger partial charge in [-0.05, 0) is 55.5 Å². The van der Waals surface area contributed by atoms with Gasteiger partial charge in [0, 0.05) is 17.2 Å². The van der Waals surface area contributed by atoms with Crippen molar-refractivity contribution in [1.29, 1.82) is 0 Å². The molecule has 1 aromatic heterocycles. The van der Waals surface area contributed by atoms with Gasteiger partial charge >= 0.3 is 0 Å². The van der Waals surface area contributed by atoms with Gasteiger partial charge in [0.15, 0.2) is 5.84 Å². The fourth-order valence-electron chi connectivity index (χ4n) is 4.73. The Morgan fingerprint density at radius 1 is 1.00 bits per heavy atom. The molecule has 192 valence electrons. The molecule has 0 unspecified atom stereocenters. The Morgan fingerprint density at radius 2 is 1.74 bits per heavy atom. The van der Waals surface area contributed by atoms with E-state index in [-0.39, 0.29) is 34.3 Å². The summed E-state index contributed by atoms with van der Waals surface area (Å²) >= 11 is 0. The highest BCUT2D eigenvalue weighted by molar-refractivity contribution is 7.90. The molecule has 2 N–H and O–H groups in total. The van der Waals surface area contributed by atoms with Crippen LogP contribution in [0.5, 0.6) is 11.5 Å². The van der Waals surface area contributed by atoms with Gasteiger partial charge in [-0.25, -0.2) is 0 Å². The van der Waals surface area contributed by atoms with Gasteiger partial charge in [-0.1, -0.05) is 42.5 Å². The third-order valence-corrected chi connectivity index (χ3v) is 7.95. The Balaban J connectivity index is 1.42. The number of aromatic nitrogens is 1. The highest BCUT2D eigenvalue weighted by Gasteiger charge is 2.30. The minimum Gasteiger partial charge on any atom is -0.506 e. The molecule has 0 bridgehead atoms. The quantitative estimate of drug-likeness (QED) is 0.390. The molecule has 1 saturated carbocycles. The van der Waals surface area contributed by atoms with E-state index in [9.17, 15) is 18.3 Å². The van der Waals surface area contributed by atoms with Crippen molar-refractivity contribution in [3.8, 4) is 11.5 Å². The number of anilines is 1. The summed E-state index contributed by atoms with van der Waals surface area (Å²) in [6, 6.07) is 20.9. The van der Waals surface area contributed by atoms with E-state index in [0.29, 0.717) is 16.7 Å². The zero-order valence-corrected chi connectivity index (χ0v) is 21.1. The molecule has 2 aliphatic rings. The van der Waals surface area contributed by atoms with E-state index in [4.69, 9.17) is 4.74 Å². The molecule has 0 spiro atoms. The molecular weight excluding hydrogens is 504 g/mol. The van der Waals surface area contributed by atoms with Crippen molar-refractivity contribution >= 4 is 38.2 Å². The highest BCUT2D eigenvalue weighted by Crippen LogP contribution is 2.34. The van der Waals surface area contributed by atoms with E-state index >= 15 is 0 Å². The minimum atomic E-state index is -4.22. The second kappa shape index (κ2) is 9.46. The first-order chi connectivity index (χ1) is 18.4. The first-order valence-electron chi connectivity index (χ1n) is 12.3. The fourth-order valence-corrected chi connectivity index (χ4v) is 5.86. The number of aromatic hydroxyl groups is 1. The topological polar surface area (TPSA) is 122 Å². The number of hydrogen-bond acceptors (Lipinski definition) is 7. The van der Waals surface area contributed by atoms with Crippen molar-refractivity contribution in [2.45, 2.75) is 37.2 Å². The minimum absolute atomic E-state index is 0.0846. The number of benzene rings is 3. The van der Waals surface area contributed by atoms with Crippen LogP contribution >= 0.6 is 0 Å². The molecule has 0 radical (unpaired) electrons. The molecule has 1 fully saturated rings.